The molecule has 1 atom stereocenters. The number of carboxylic acid groups (broad SMARTS) is 1. The fraction of sp³-hybridized carbons (Fsp3) is 0.529. The van der Waals surface area contributed by atoms with Crippen LogP contribution in [0.2, 0.25) is 0 Å². The maximum atomic E-state index is 12.2. The second-order valence-corrected chi connectivity index (χ2v) is 7.36. The lowest BCUT2D eigenvalue weighted by molar-refractivity contribution is -0.139. The number of hydrogen-bond donors (Lipinski definition) is 3. The van der Waals surface area contributed by atoms with Gasteiger partial charge in [0, 0.05) is 22.7 Å². The van der Waals surface area contributed by atoms with Gasteiger partial charge < -0.3 is 15.7 Å². The number of carboxylic acids is 1. The van der Waals surface area contributed by atoms with Crippen molar-refractivity contribution in [2.45, 2.75) is 42.8 Å². The third kappa shape index (κ3) is 3.84. The number of thioether (sulfide) groups is 1. The SMILES string of the molecule is CCN(CC(=O)O)C1CC(NC(=O)NC2CSc3ccccc32)C1. The molecule has 0 radical (unpaired) electrons. The number of aliphatic carboxylic acids is 1. The van der Waals surface area contributed by atoms with Gasteiger partial charge in [-0.05, 0) is 31.0 Å². The van der Waals surface area contributed by atoms with Gasteiger partial charge in [-0.3, -0.25) is 9.69 Å². The second-order valence-electron chi connectivity index (χ2n) is 6.30. The number of carbonyl (C=O) groups is 2. The Kier molecular flexibility index (Phi) is 5.30. The third-order valence-electron chi connectivity index (χ3n) is 4.71. The van der Waals surface area contributed by atoms with Crippen molar-refractivity contribution >= 4 is 23.8 Å². The summed E-state index contributed by atoms with van der Waals surface area (Å²) in [6, 6.07) is 8.45. The van der Waals surface area contributed by atoms with Crippen LogP contribution in [0.25, 0.3) is 0 Å². The van der Waals surface area contributed by atoms with Crippen molar-refractivity contribution in [1.82, 2.24) is 15.5 Å². The first-order valence-electron chi connectivity index (χ1n) is 8.31. The number of urea groups is 1. The summed E-state index contributed by atoms with van der Waals surface area (Å²) in [5, 5.41) is 15.0. The number of likely N-dealkylation sites (N-methyl/N-ethyl adjacent to an activating group) is 1. The number of nitrogens with one attached hydrogen (secondary N) is 2. The van der Waals surface area contributed by atoms with E-state index in [-0.39, 0.29) is 30.7 Å². The molecular weight excluding hydrogens is 326 g/mol. The zero-order chi connectivity index (χ0) is 17.1. The molecule has 0 saturated heterocycles. The highest BCUT2D eigenvalue weighted by Crippen LogP contribution is 2.37. The number of carbonyl (C=O) groups excluding carboxylic acids is 1. The lowest BCUT2D eigenvalue weighted by Gasteiger charge is -2.42. The highest BCUT2D eigenvalue weighted by Gasteiger charge is 2.35. The third-order valence-corrected chi connectivity index (χ3v) is 5.90. The van der Waals surface area contributed by atoms with E-state index < -0.39 is 5.97 Å². The number of hydrogen-bond acceptors (Lipinski definition) is 4. The van der Waals surface area contributed by atoms with Crippen LogP contribution in [0.15, 0.2) is 29.2 Å². The van der Waals surface area contributed by atoms with Gasteiger partial charge in [-0.15, -0.1) is 11.8 Å². The maximum absolute atomic E-state index is 12.2. The Morgan fingerprint density at radius 1 is 1.29 bits per heavy atom. The molecule has 6 nitrogen and oxygen atoms in total. The standard InChI is InChI=1S/C17H23N3O3S/c1-2-20(9-16(21)22)12-7-11(8-12)18-17(23)19-14-10-24-15-6-4-3-5-13(14)15/h3-6,11-12,14H,2,7-10H2,1H3,(H,21,22)(H2,18,19,23). The molecule has 0 spiro atoms. The van der Waals surface area contributed by atoms with E-state index in [1.54, 1.807) is 11.8 Å². The molecule has 1 aromatic rings. The largest absolute Gasteiger partial charge is 0.480 e. The van der Waals surface area contributed by atoms with E-state index in [0.717, 1.165) is 18.6 Å². The summed E-state index contributed by atoms with van der Waals surface area (Å²) in [7, 11) is 0. The molecule has 2 amide bonds. The minimum atomic E-state index is -0.802. The molecule has 0 aromatic heterocycles. The first-order chi connectivity index (χ1) is 11.6. The summed E-state index contributed by atoms with van der Waals surface area (Å²) < 4.78 is 0. The molecule has 1 aromatic carbocycles. The summed E-state index contributed by atoms with van der Waals surface area (Å²) in [6.07, 6.45) is 1.62. The summed E-state index contributed by atoms with van der Waals surface area (Å²) >= 11 is 1.76. The van der Waals surface area contributed by atoms with Crippen LogP contribution in [0.4, 0.5) is 4.79 Å². The number of rotatable bonds is 6. The number of nitrogens with zero attached hydrogens (tertiary/aromatic N) is 1. The molecule has 130 valence electrons. The Balaban J connectivity index is 1.44. The minimum Gasteiger partial charge on any atom is -0.480 e. The lowest BCUT2D eigenvalue weighted by atomic mass is 9.85. The highest BCUT2D eigenvalue weighted by atomic mass is 32.2. The number of benzene rings is 1. The molecule has 2 aliphatic rings. The first-order valence-corrected chi connectivity index (χ1v) is 9.30. The smallest absolute Gasteiger partial charge is 0.317 e. The molecule has 24 heavy (non-hydrogen) atoms. The van der Waals surface area contributed by atoms with Gasteiger partial charge in [0.05, 0.1) is 12.6 Å². The molecular formula is C17H23N3O3S. The molecule has 3 rings (SSSR count). The van der Waals surface area contributed by atoms with Crippen LogP contribution in [-0.2, 0) is 4.79 Å². The van der Waals surface area contributed by atoms with E-state index in [2.05, 4.69) is 22.8 Å². The molecule has 1 heterocycles. The Labute approximate surface area is 146 Å². The van der Waals surface area contributed by atoms with Crippen LogP contribution in [0.1, 0.15) is 31.4 Å². The molecule has 1 fully saturated rings. The quantitative estimate of drug-likeness (QED) is 0.732. The van der Waals surface area contributed by atoms with Crippen LogP contribution in [0.3, 0.4) is 0 Å². The minimum absolute atomic E-state index is 0.0567. The Morgan fingerprint density at radius 2 is 2.04 bits per heavy atom. The van der Waals surface area contributed by atoms with Crippen molar-refractivity contribution in [2.75, 3.05) is 18.8 Å². The summed E-state index contributed by atoms with van der Waals surface area (Å²) in [4.78, 5) is 26.2. The van der Waals surface area contributed by atoms with E-state index in [9.17, 15) is 9.59 Å². The van der Waals surface area contributed by atoms with Crippen molar-refractivity contribution in [3.05, 3.63) is 29.8 Å². The van der Waals surface area contributed by atoms with Crippen LogP contribution < -0.4 is 10.6 Å². The second kappa shape index (κ2) is 7.44. The molecule has 0 bridgehead atoms. The van der Waals surface area contributed by atoms with Crippen molar-refractivity contribution < 1.29 is 14.7 Å². The van der Waals surface area contributed by atoms with Crippen molar-refractivity contribution in [3.8, 4) is 0 Å². The van der Waals surface area contributed by atoms with Gasteiger partial charge >= 0.3 is 12.0 Å². The molecule has 1 aliphatic heterocycles. The molecule has 1 saturated carbocycles. The van der Waals surface area contributed by atoms with Gasteiger partial charge in [-0.2, -0.15) is 0 Å². The normalized spacial score (nSPS) is 25.0. The summed E-state index contributed by atoms with van der Waals surface area (Å²) in [5.41, 5.74) is 1.18. The van der Waals surface area contributed by atoms with E-state index in [1.165, 1.54) is 10.5 Å². The fourth-order valence-electron chi connectivity index (χ4n) is 3.34. The average Bonchev–Trinajstić information content (AvgIpc) is 2.91. The van der Waals surface area contributed by atoms with E-state index in [0.29, 0.717) is 6.54 Å². The van der Waals surface area contributed by atoms with E-state index >= 15 is 0 Å². The Morgan fingerprint density at radius 3 is 2.75 bits per heavy atom. The van der Waals surface area contributed by atoms with E-state index in [4.69, 9.17) is 5.11 Å². The summed E-state index contributed by atoms with van der Waals surface area (Å²) in [5.74, 6) is 0.0610. The average molecular weight is 349 g/mol. The van der Waals surface area contributed by atoms with Crippen LogP contribution in [0, 0.1) is 0 Å². The maximum Gasteiger partial charge on any atom is 0.317 e. The lowest BCUT2D eigenvalue weighted by Crippen LogP contribution is -2.56. The molecule has 1 unspecified atom stereocenters. The van der Waals surface area contributed by atoms with Crippen molar-refractivity contribution in [2.24, 2.45) is 0 Å². The van der Waals surface area contributed by atoms with Gasteiger partial charge in [-0.1, -0.05) is 25.1 Å². The van der Waals surface area contributed by atoms with Gasteiger partial charge in [0.2, 0.25) is 0 Å². The van der Waals surface area contributed by atoms with Gasteiger partial charge in [-0.25, -0.2) is 4.79 Å². The topological polar surface area (TPSA) is 81.7 Å². The van der Waals surface area contributed by atoms with Crippen molar-refractivity contribution in [3.63, 3.8) is 0 Å². The highest BCUT2D eigenvalue weighted by molar-refractivity contribution is 7.99. The molecule has 1 aliphatic carbocycles. The predicted molar refractivity (Wildman–Crippen MR) is 93.3 cm³/mol. The van der Waals surface area contributed by atoms with Gasteiger partial charge in [0.1, 0.15) is 0 Å². The van der Waals surface area contributed by atoms with Crippen molar-refractivity contribution in [1.29, 1.82) is 0 Å². The monoisotopic (exact) mass is 349 g/mol. The Hall–Kier alpha value is -1.73. The van der Waals surface area contributed by atoms with E-state index in [1.807, 2.05) is 24.0 Å². The fourth-order valence-corrected chi connectivity index (χ4v) is 4.50. The first kappa shape index (κ1) is 17.1. The van der Waals surface area contributed by atoms with Crippen LogP contribution in [-0.4, -0.2) is 52.9 Å². The summed E-state index contributed by atoms with van der Waals surface area (Å²) in [6.45, 7) is 2.74. The number of amides is 2. The van der Waals surface area contributed by atoms with Crippen LogP contribution >= 0.6 is 11.8 Å². The molecule has 3 N–H and O–H groups in total. The van der Waals surface area contributed by atoms with Gasteiger partial charge in [0.15, 0.2) is 0 Å². The zero-order valence-corrected chi connectivity index (χ0v) is 14.5. The Bertz CT molecular complexity index is 619. The zero-order valence-electron chi connectivity index (χ0n) is 13.7. The number of fused-ring (bicyclic) bond motifs is 1. The molecule has 7 heteroatoms. The van der Waals surface area contributed by atoms with Crippen LogP contribution in [0.5, 0.6) is 0 Å². The predicted octanol–water partition coefficient (Wildman–Crippen LogP) is 2.07. The van der Waals surface area contributed by atoms with Gasteiger partial charge in [0.25, 0.3) is 0 Å².